The number of nitrogens with zero attached hydrogens (tertiary/aromatic N) is 2. The Morgan fingerprint density at radius 3 is 2.17 bits per heavy atom. The Balaban J connectivity index is 2.02. The van der Waals surface area contributed by atoms with Crippen molar-refractivity contribution in [2.75, 3.05) is 24.2 Å². The molecule has 9 heteroatoms. The van der Waals surface area contributed by atoms with Crippen molar-refractivity contribution < 1.29 is 18.0 Å². The molecule has 0 fully saturated rings. The number of nitrogens with one attached hydrogen (secondary N) is 1. The highest BCUT2D eigenvalue weighted by Gasteiger charge is 2.32. The quantitative estimate of drug-likeness (QED) is 0.399. The second-order valence-electron chi connectivity index (χ2n) is 8.58. The van der Waals surface area contributed by atoms with Crippen molar-refractivity contribution in [2.24, 2.45) is 0 Å². The topological polar surface area (TPSA) is 86.8 Å². The minimum Gasteiger partial charge on any atom is -0.357 e. The molecule has 36 heavy (non-hydrogen) atoms. The summed E-state index contributed by atoms with van der Waals surface area (Å²) in [7, 11) is -2.25. The Labute approximate surface area is 221 Å². The van der Waals surface area contributed by atoms with Gasteiger partial charge in [0.15, 0.2) is 0 Å². The molecule has 0 radical (unpaired) electrons. The van der Waals surface area contributed by atoms with E-state index in [0.717, 1.165) is 31.7 Å². The van der Waals surface area contributed by atoms with Gasteiger partial charge in [0.1, 0.15) is 12.6 Å². The van der Waals surface area contributed by atoms with Gasteiger partial charge in [-0.3, -0.25) is 13.9 Å². The predicted molar refractivity (Wildman–Crippen MR) is 146 cm³/mol. The summed E-state index contributed by atoms with van der Waals surface area (Å²) in [6.45, 7) is 1.60. The van der Waals surface area contributed by atoms with Crippen LogP contribution in [0.4, 0.5) is 5.69 Å². The summed E-state index contributed by atoms with van der Waals surface area (Å²) in [5.41, 5.74) is 3.05. The lowest BCUT2D eigenvalue weighted by Crippen LogP contribution is -2.52. The number of benzene rings is 3. The minimum atomic E-state index is -3.77. The normalized spacial score (nSPS) is 12.0. The van der Waals surface area contributed by atoms with Gasteiger partial charge >= 0.3 is 0 Å². The third-order valence-electron chi connectivity index (χ3n) is 5.76. The Kier molecular flexibility index (Phi) is 9.28. The number of rotatable bonds is 10. The van der Waals surface area contributed by atoms with Crippen molar-refractivity contribution >= 4 is 43.5 Å². The molecule has 0 aliphatic carbocycles. The molecule has 0 aliphatic rings. The molecule has 0 aliphatic heterocycles. The second kappa shape index (κ2) is 12.2. The molecular weight excluding hydrogens is 542 g/mol. The molecule has 3 aromatic carbocycles. The molecule has 0 heterocycles. The highest BCUT2D eigenvalue weighted by molar-refractivity contribution is 9.10. The van der Waals surface area contributed by atoms with Crippen LogP contribution in [0.2, 0.25) is 0 Å². The van der Waals surface area contributed by atoms with E-state index < -0.39 is 28.5 Å². The summed E-state index contributed by atoms with van der Waals surface area (Å²) >= 11 is 3.46. The molecule has 190 valence electrons. The molecule has 1 unspecified atom stereocenters. The molecule has 7 nitrogen and oxygen atoms in total. The molecule has 1 atom stereocenters. The first-order valence-corrected chi connectivity index (χ1v) is 14.1. The lowest BCUT2D eigenvalue weighted by molar-refractivity contribution is -0.139. The van der Waals surface area contributed by atoms with Gasteiger partial charge in [0.2, 0.25) is 21.8 Å². The number of hydrogen-bond acceptors (Lipinski definition) is 4. The summed E-state index contributed by atoms with van der Waals surface area (Å²) in [6.07, 6.45) is 1.35. The Morgan fingerprint density at radius 1 is 0.944 bits per heavy atom. The van der Waals surface area contributed by atoms with Gasteiger partial charge in [-0.2, -0.15) is 0 Å². The second-order valence-corrected chi connectivity index (χ2v) is 11.4. The van der Waals surface area contributed by atoms with E-state index in [2.05, 4.69) is 21.2 Å². The van der Waals surface area contributed by atoms with Gasteiger partial charge in [0.25, 0.3) is 0 Å². The van der Waals surface area contributed by atoms with Gasteiger partial charge in [0.05, 0.1) is 11.9 Å². The zero-order valence-electron chi connectivity index (χ0n) is 20.5. The number of carbonyl (C=O) groups is 2. The van der Waals surface area contributed by atoms with Crippen LogP contribution >= 0.6 is 15.9 Å². The van der Waals surface area contributed by atoms with Gasteiger partial charge in [0, 0.05) is 24.5 Å². The van der Waals surface area contributed by atoms with Gasteiger partial charge < -0.3 is 10.2 Å². The molecule has 0 spiro atoms. The van der Waals surface area contributed by atoms with Crippen LogP contribution in [0.25, 0.3) is 0 Å². The van der Waals surface area contributed by atoms with E-state index in [9.17, 15) is 18.0 Å². The van der Waals surface area contributed by atoms with E-state index in [1.807, 2.05) is 61.5 Å². The number of carbonyl (C=O) groups excluding carboxylic acids is 2. The van der Waals surface area contributed by atoms with E-state index in [0.29, 0.717) is 5.69 Å². The van der Waals surface area contributed by atoms with Crippen molar-refractivity contribution in [3.05, 3.63) is 100 Å². The van der Waals surface area contributed by atoms with Crippen LogP contribution in [0.3, 0.4) is 0 Å². The third kappa shape index (κ3) is 7.41. The molecule has 1 N–H and O–H groups in total. The number of likely N-dealkylation sites (N-methyl/N-ethyl adjacent to an activating group) is 1. The SMILES string of the molecule is CNC(=O)C(Cc1ccccc1)N(Cc1cccc(Br)c1)C(=O)CN(c1ccc(C)cc1)S(C)(=O)=O. The molecule has 0 saturated carbocycles. The van der Waals surface area contributed by atoms with Gasteiger partial charge in [-0.25, -0.2) is 8.42 Å². The molecule has 0 bridgehead atoms. The van der Waals surface area contributed by atoms with E-state index in [1.165, 1.54) is 11.9 Å². The number of hydrogen-bond donors (Lipinski definition) is 1. The van der Waals surface area contributed by atoms with Crippen LogP contribution in [0.1, 0.15) is 16.7 Å². The molecular formula is C27H30BrN3O4S. The molecule has 2 amide bonds. The van der Waals surface area contributed by atoms with Gasteiger partial charge in [-0.15, -0.1) is 0 Å². The fraction of sp³-hybridized carbons (Fsp3) is 0.259. The monoisotopic (exact) mass is 571 g/mol. The van der Waals surface area contributed by atoms with Crippen LogP contribution in [0.15, 0.2) is 83.3 Å². The van der Waals surface area contributed by atoms with Crippen molar-refractivity contribution in [1.29, 1.82) is 0 Å². The summed E-state index contributed by atoms with van der Waals surface area (Å²) in [5, 5.41) is 2.67. The van der Waals surface area contributed by atoms with Crippen LogP contribution in [-0.2, 0) is 32.6 Å². The van der Waals surface area contributed by atoms with E-state index in [-0.39, 0.29) is 18.9 Å². The van der Waals surface area contributed by atoms with Crippen molar-refractivity contribution in [1.82, 2.24) is 10.2 Å². The number of sulfonamides is 1. The Bertz CT molecular complexity index is 1300. The fourth-order valence-electron chi connectivity index (χ4n) is 3.88. The maximum absolute atomic E-state index is 13.8. The van der Waals surface area contributed by atoms with Crippen LogP contribution in [-0.4, -0.2) is 51.0 Å². The van der Waals surface area contributed by atoms with Crippen LogP contribution in [0, 0.1) is 6.92 Å². The standard InChI is InChI=1S/C27H30BrN3O4S/c1-20-12-14-24(15-13-20)31(36(3,34)35)19-26(32)30(18-22-10-7-11-23(28)16-22)25(27(33)29-2)17-21-8-5-4-6-9-21/h4-16,25H,17-19H2,1-3H3,(H,29,33). The first-order valence-electron chi connectivity index (χ1n) is 11.4. The third-order valence-corrected chi connectivity index (χ3v) is 7.39. The summed E-state index contributed by atoms with van der Waals surface area (Å²) in [6, 6.07) is 23.0. The maximum Gasteiger partial charge on any atom is 0.244 e. The Morgan fingerprint density at radius 2 is 1.58 bits per heavy atom. The minimum absolute atomic E-state index is 0.134. The van der Waals surface area contributed by atoms with E-state index in [4.69, 9.17) is 0 Å². The molecule has 0 aromatic heterocycles. The lowest BCUT2D eigenvalue weighted by atomic mass is 10.0. The fourth-order valence-corrected chi connectivity index (χ4v) is 5.17. The number of amides is 2. The summed E-state index contributed by atoms with van der Waals surface area (Å²) in [4.78, 5) is 28.3. The maximum atomic E-state index is 13.8. The Hall–Kier alpha value is -3.17. The summed E-state index contributed by atoms with van der Waals surface area (Å²) in [5.74, 6) is -0.811. The zero-order chi connectivity index (χ0) is 26.3. The first-order chi connectivity index (χ1) is 17.1. The predicted octanol–water partition coefficient (Wildman–Crippen LogP) is 3.91. The highest BCUT2D eigenvalue weighted by Crippen LogP contribution is 2.21. The number of halogens is 1. The van der Waals surface area contributed by atoms with E-state index >= 15 is 0 Å². The van der Waals surface area contributed by atoms with Crippen LogP contribution in [0.5, 0.6) is 0 Å². The van der Waals surface area contributed by atoms with Crippen LogP contribution < -0.4 is 9.62 Å². The molecule has 3 rings (SSSR count). The van der Waals surface area contributed by atoms with Gasteiger partial charge in [-0.1, -0.05) is 76.1 Å². The van der Waals surface area contributed by atoms with Crippen molar-refractivity contribution in [3.8, 4) is 0 Å². The summed E-state index contributed by atoms with van der Waals surface area (Å²) < 4.78 is 27.3. The average Bonchev–Trinajstić information content (AvgIpc) is 2.84. The average molecular weight is 573 g/mol. The smallest absolute Gasteiger partial charge is 0.244 e. The lowest BCUT2D eigenvalue weighted by Gasteiger charge is -2.33. The molecule has 3 aromatic rings. The number of anilines is 1. The van der Waals surface area contributed by atoms with Gasteiger partial charge in [-0.05, 0) is 42.3 Å². The molecule has 0 saturated heterocycles. The highest BCUT2D eigenvalue weighted by atomic mass is 79.9. The van der Waals surface area contributed by atoms with E-state index in [1.54, 1.807) is 24.3 Å². The van der Waals surface area contributed by atoms with Crippen molar-refractivity contribution in [2.45, 2.75) is 25.9 Å². The zero-order valence-corrected chi connectivity index (χ0v) is 22.9. The number of aryl methyl sites for hydroxylation is 1. The largest absolute Gasteiger partial charge is 0.357 e. The first kappa shape index (κ1) is 27.4. The van der Waals surface area contributed by atoms with Crippen molar-refractivity contribution in [3.63, 3.8) is 0 Å².